The van der Waals surface area contributed by atoms with Gasteiger partial charge in [-0.05, 0) is 32.4 Å². The summed E-state index contributed by atoms with van der Waals surface area (Å²) >= 11 is 6.24. The predicted molar refractivity (Wildman–Crippen MR) is 82.6 cm³/mol. The molecule has 4 nitrogen and oxygen atoms in total. The molecule has 0 aliphatic carbocycles. The highest BCUT2D eigenvalue weighted by molar-refractivity contribution is 6.31. The van der Waals surface area contributed by atoms with Gasteiger partial charge < -0.3 is 14.7 Å². The van der Waals surface area contributed by atoms with Crippen molar-refractivity contribution in [1.29, 1.82) is 0 Å². The van der Waals surface area contributed by atoms with Crippen LogP contribution in [0.3, 0.4) is 0 Å². The Morgan fingerprint density at radius 3 is 2.62 bits per heavy atom. The zero-order chi connectivity index (χ0) is 15.6. The number of carbonyl (C=O) groups excluding carboxylic acids is 1. The third kappa shape index (κ3) is 3.89. The number of carbonyl (C=O) groups is 1. The second-order valence-corrected chi connectivity index (χ2v) is 6.86. The van der Waals surface area contributed by atoms with Gasteiger partial charge in [0, 0.05) is 36.6 Å². The number of aliphatic hydroxyl groups excluding tert-OH is 1. The molecule has 1 aliphatic heterocycles. The van der Waals surface area contributed by atoms with Crippen molar-refractivity contribution in [1.82, 2.24) is 4.90 Å². The fourth-order valence-corrected chi connectivity index (χ4v) is 2.94. The van der Waals surface area contributed by atoms with Crippen LogP contribution in [0, 0.1) is 5.92 Å². The maximum atomic E-state index is 12.2. The van der Waals surface area contributed by atoms with E-state index in [2.05, 4.69) is 0 Å². The van der Waals surface area contributed by atoms with Gasteiger partial charge in [-0.25, -0.2) is 4.79 Å². The summed E-state index contributed by atoms with van der Waals surface area (Å²) in [6.07, 6.45) is -0.337. The second-order valence-electron chi connectivity index (χ2n) is 6.46. The van der Waals surface area contributed by atoms with Crippen LogP contribution in [0.2, 0.25) is 5.02 Å². The Hall–Kier alpha value is -1.26. The third-order valence-electron chi connectivity index (χ3n) is 3.63. The second kappa shape index (κ2) is 6.24. The highest BCUT2D eigenvalue weighted by atomic mass is 35.5. The van der Waals surface area contributed by atoms with Crippen molar-refractivity contribution < 1.29 is 14.6 Å². The first kappa shape index (κ1) is 16.1. The zero-order valence-electron chi connectivity index (χ0n) is 12.7. The number of aliphatic hydroxyl groups is 1. The first-order valence-corrected chi connectivity index (χ1v) is 7.53. The molecule has 1 aliphatic rings. The lowest BCUT2D eigenvalue weighted by Gasteiger charge is -2.24. The fraction of sp³-hybridized carbons (Fsp3) is 0.562. The molecule has 1 aromatic carbocycles. The van der Waals surface area contributed by atoms with Crippen LogP contribution >= 0.6 is 11.6 Å². The first-order valence-electron chi connectivity index (χ1n) is 7.15. The van der Waals surface area contributed by atoms with Gasteiger partial charge in [0.15, 0.2) is 0 Å². The van der Waals surface area contributed by atoms with Crippen molar-refractivity contribution in [3.8, 4) is 0 Å². The van der Waals surface area contributed by atoms with Gasteiger partial charge in [-0.3, -0.25) is 0 Å². The molecule has 0 radical (unpaired) electrons. The summed E-state index contributed by atoms with van der Waals surface area (Å²) in [5.74, 6) is 0.0219. The minimum Gasteiger partial charge on any atom is -0.444 e. The Kier molecular flexibility index (Phi) is 4.79. The van der Waals surface area contributed by atoms with E-state index in [1.54, 1.807) is 4.90 Å². The molecular formula is C16H22ClNO3. The first-order chi connectivity index (χ1) is 9.81. The average Bonchev–Trinajstić information content (AvgIpc) is 2.81. The Balaban J connectivity index is 2.15. The predicted octanol–water partition coefficient (Wildman–Crippen LogP) is 3.28. The summed E-state index contributed by atoms with van der Waals surface area (Å²) in [5.41, 5.74) is 0.457. The largest absolute Gasteiger partial charge is 0.444 e. The van der Waals surface area contributed by atoms with Gasteiger partial charge in [-0.15, -0.1) is 0 Å². The molecule has 0 unspecified atom stereocenters. The fourth-order valence-electron chi connectivity index (χ4n) is 2.66. The van der Waals surface area contributed by atoms with Crippen LogP contribution in [0.25, 0.3) is 0 Å². The van der Waals surface area contributed by atoms with Crippen LogP contribution in [0.1, 0.15) is 32.3 Å². The molecule has 1 N–H and O–H groups in total. The molecule has 116 valence electrons. The number of rotatable bonds is 2. The van der Waals surface area contributed by atoms with E-state index in [0.717, 1.165) is 5.56 Å². The molecule has 2 atom stereocenters. The lowest BCUT2D eigenvalue weighted by Crippen LogP contribution is -2.35. The number of ether oxygens (including phenoxy) is 1. The molecule has 1 saturated heterocycles. The standard InChI is InChI=1S/C16H22ClNO3/c1-16(2,3)21-15(20)18-8-11(10-19)13(9-18)12-6-4-5-7-14(12)17/h4-7,11,13,19H,8-10H2,1-3H3/t11-,13-/m1/s1. The lowest BCUT2D eigenvalue weighted by molar-refractivity contribution is 0.0283. The summed E-state index contributed by atoms with van der Waals surface area (Å²) in [6, 6.07) is 7.59. The summed E-state index contributed by atoms with van der Waals surface area (Å²) in [6.45, 7) is 6.56. The number of nitrogens with zero attached hydrogens (tertiary/aromatic N) is 1. The SMILES string of the molecule is CC(C)(C)OC(=O)N1C[C@H](CO)[C@H](c2ccccc2Cl)C1. The van der Waals surface area contributed by atoms with Gasteiger partial charge in [0.2, 0.25) is 0 Å². The number of likely N-dealkylation sites (tertiary alicyclic amines) is 1. The van der Waals surface area contributed by atoms with Crippen molar-refractivity contribution in [2.45, 2.75) is 32.3 Å². The molecule has 21 heavy (non-hydrogen) atoms. The van der Waals surface area contributed by atoms with E-state index in [1.807, 2.05) is 45.0 Å². The van der Waals surface area contributed by atoms with Crippen LogP contribution in [-0.2, 0) is 4.74 Å². The Labute approximate surface area is 130 Å². The van der Waals surface area contributed by atoms with Crippen molar-refractivity contribution in [2.24, 2.45) is 5.92 Å². The third-order valence-corrected chi connectivity index (χ3v) is 3.98. The molecule has 0 bridgehead atoms. The summed E-state index contributed by atoms with van der Waals surface area (Å²) < 4.78 is 5.40. The van der Waals surface area contributed by atoms with Crippen LogP contribution in [0.4, 0.5) is 4.79 Å². The number of hydrogen-bond acceptors (Lipinski definition) is 3. The topological polar surface area (TPSA) is 49.8 Å². The Morgan fingerprint density at radius 1 is 1.38 bits per heavy atom. The molecule has 1 fully saturated rings. The summed E-state index contributed by atoms with van der Waals surface area (Å²) in [5, 5.41) is 10.3. The zero-order valence-corrected chi connectivity index (χ0v) is 13.4. The summed E-state index contributed by atoms with van der Waals surface area (Å²) in [4.78, 5) is 13.8. The molecule has 1 aromatic rings. The van der Waals surface area contributed by atoms with Gasteiger partial charge in [0.1, 0.15) is 5.60 Å². The molecule has 1 amide bonds. The van der Waals surface area contributed by atoms with Gasteiger partial charge in [0.05, 0.1) is 0 Å². The van der Waals surface area contributed by atoms with Crippen molar-refractivity contribution in [2.75, 3.05) is 19.7 Å². The van der Waals surface area contributed by atoms with E-state index in [-0.39, 0.29) is 24.5 Å². The smallest absolute Gasteiger partial charge is 0.410 e. The summed E-state index contributed by atoms with van der Waals surface area (Å²) in [7, 11) is 0. The normalized spacial score (nSPS) is 22.4. The maximum absolute atomic E-state index is 12.2. The molecular weight excluding hydrogens is 290 g/mol. The van der Waals surface area contributed by atoms with E-state index >= 15 is 0 Å². The Morgan fingerprint density at radius 2 is 2.05 bits per heavy atom. The molecule has 1 heterocycles. The quantitative estimate of drug-likeness (QED) is 0.912. The van der Waals surface area contributed by atoms with Crippen LogP contribution in [0.5, 0.6) is 0 Å². The van der Waals surface area contributed by atoms with E-state index < -0.39 is 5.60 Å². The van der Waals surface area contributed by atoms with Crippen LogP contribution in [-0.4, -0.2) is 41.4 Å². The molecule has 0 aromatic heterocycles. The van der Waals surface area contributed by atoms with Gasteiger partial charge in [0.25, 0.3) is 0 Å². The van der Waals surface area contributed by atoms with E-state index in [9.17, 15) is 9.90 Å². The number of hydrogen-bond donors (Lipinski definition) is 1. The van der Waals surface area contributed by atoms with Crippen molar-refractivity contribution in [3.63, 3.8) is 0 Å². The maximum Gasteiger partial charge on any atom is 0.410 e. The van der Waals surface area contributed by atoms with E-state index in [4.69, 9.17) is 16.3 Å². The van der Waals surface area contributed by atoms with E-state index in [1.165, 1.54) is 0 Å². The monoisotopic (exact) mass is 311 g/mol. The Bertz CT molecular complexity index is 512. The highest BCUT2D eigenvalue weighted by Crippen LogP contribution is 2.36. The van der Waals surface area contributed by atoms with Gasteiger partial charge in [-0.1, -0.05) is 29.8 Å². The minimum atomic E-state index is -0.520. The van der Waals surface area contributed by atoms with Crippen molar-refractivity contribution >= 4 is 17.7 Å². The number of amides is 1. The molecule has 0 spiro atoms. The van der Waals surface area contributed by atoms with Gasteiger partial charge >= 0.3 is 6.09 Å². The number of halogens is 1. The van der Waals surface area contributed by atoms with Gasteiger partial charge in [-0.2, -0.15) is 0 Å². The van der Waals surface area contributed by atoms with Crippen LogP contribution in [0.15, 0.2) is 24.3 Å². The minimum absolute atomic E-state index is 0.0163. The molecule has 5 heteroatoms. The molecule has 0 saturated carbocycles. The highest BCUT2D eigenvalue weighted by Gasteiger charge is 2.38. The van der Waals surface area contributed by atoms with E-state index in [0.29, 0.717) is 18.1 Å². The number of benzene rings is 1. The molecule has 2 rings (SSSR count). The lowest BCUT2D eigenvalue weighted by atomic mass is 9.89. The van der Waals surface area contributed by atoms with Crippen molar-refractivity contribution in [3.05, 3.63) is 34.9 Å². The average molecular weight is 312 g/mol. The van der Waals surface area contributed by atoms with Crippen LogP contribution < -0.4 is 0 Å².